The molecule has 0 fully saturated rings. The third-order valence-electron chi connectivity index (χ3n) is 13.4. The van der Waals surface area contributed by atoms with E-state index in [0.29, 0.717) is 0 Å². The number of benzene rings is 10. The summed E-state index contributed by atoms with van der Waals surface area (Å²) < 4.78 is 22.7. The molecule has 0 aliphatic heterocycles. The van der Waals surface area contributed by atoms with Crippen molar-refractivity contribution in [1.82, 2.24) is 0 Å². The molecule has 0 bridgehead atoms. The van der Waals surface area contributed by atoms with Crippen molar-refractivity contribution < 1.29 is 18.9 Å². The van der Waals surface area contributed by atoms with Gasteiger partial charge in [-0.05, 0) is 149 Å². The van der Waals surface area contributed by atoms with E-state index >= 15 is 0 Å². The summed E-state index contributed by atoms with van der Waals surface area (Å²) >= 11 is 0. The standard InChI is InChI=1S/C70H56O4/c1-71-61-41-33-57(34-42-61)68(65(49-17-9-5-10-18-49)50-19-11-6-12-20-50)55-29-25-53(26-30-55)67(70(59-37-45-63(73-3)46-38-59)60-39-47-64(74-4)48-40-60)54-27-31-56(32-28-54)69(58-35-43-62(72-2)44-36-58)66(51-21-13-7-14-22-51)52-23-15-8-16-24-52/h5-48H,1-4H3. The number of methoxy groups -OCH3 is 4. The monoisotopic (exact) mass is 960 g/mol. The van der Waals surface area contributed by atoms with Crippen LogP contribution in [0.15, 0.2) is 267 Å². The topological polar surface area (TPSA) is 36.9 Å². The molecule has 0 saturated heterocycles. The molecule has 10 aromatic carbocycles. The summed E-state index contributed by atoms with van der Waals surface area (Å²) in [6.07, 6.45) is 0. The average molecular weight is 961 g/mol. The fourth-order valence-corrected chi connectivity index (χ4v) is 9.79. The molecule has 360 valence electrons. The molecule has 0 atom stereocenters. The maximum absolute atomic E-state index is 5.70. The van der Waals surface area contributed by atoms with Crippen molar-refractivity contribution >= 4 is 33.4 Å². The van der Waals surface area contributed by atoms with Gasteiger partial charge in [-0.25, -0.2) is 0 Å². The molecule has 0 aliphatic carbocycles. The van der Waals surface area contributed by atoms with Gasteiger partial charge in [-0.2, -0.15) is 0 Å². The molecule has 4 nitrogen and oxygen atoms in total. The first-order chi connectivity index (χ1) is 36.5. The van der Waals surface area contributed by atoms with Crippen molar-refractivity contribution in [2.75, 3.05) is 28.4 Å². The normalized spacial score (nSPS) is 10.7. The quantitative estimate of drug-likeness (QED) is 0.0905. The highest BCUT2D eigenvalue weighted by Gasteiger charge is 2.22. The van der Waals surface area contributed by atoms with E-state index < -0.39 is 0 Å². The molecular formula is C70H56O4. The summed E-state index contributed by atoms with van der Waals surface area (Å²) in [4.78, 5) is 0. The van der Waals surface area contributed by atoms with Gasteiger partial charge in [-0.3, -0.25) is 0 Å². The van der Waals surface area contributed by atoms with Crippen molar-refractivity contribution in [3.63, 3.8) is 0 Å². The van der Waals surface area contributed by atoms with Crippen LogP contribution in [-0.2, 0) is 0 Å². The van der Waals surface area contributed by atoms with Gasteiger partial charge in [0, 0.05) is 0 Å². The molecule has 0 spiro atoms. The highest BCUT2D eigenvalue weighted by atomic mass is 16.5. The van der Waals surface area contributed by atoms with Gasteiger partial charge in [0.25, 0.3) is 0 Å². The van der Waals surface area contributed by atoms with E-state index in [2.05, 4.69) is 218 Å². The first kappa shape index (κ1) is 48.3. The van der Waals surface area contributed by atoms with Gasteiger partial charge >= 0.3 is 0 Å². The second kappa shape index (κ2) is 22.8. The van der Waals surface area contributed by atoms with E-state index in [-0.39, 0.29) is 0 Å². The van der Waals surface area contributed by atoms with Crippen LogP contribution in [-0.4, -0.2) is 28.4 Å². The minimum Gasteiger partial charge on any atom is -0.497 e. The summed E-state index contributed by atoms with van der Waals surface area (Å²) in [5.41, 5.74) is 19.7. The van der Waals surface area contributed by atoms with Crippen molar-refractivity contribution in [2.45, 2.75) is 0 Å². The van der Waals surface area contributed by atoms with Gasteiger partial charge in [-0.15, -0.1) is 0 Å². The van der Waals surface area contributed by atoms with E-state index in [1.807, 2.05) is 48.5 Å². The Morgan fingerprint density at radius 3 is 0.419 bits per heavy atom. The van der Waals surface area contributed by atoms with Crippen LogP contribution in [0.5, 0.6) is 23.0 Å². The summed E-state index contributed by atoms with van der Waals surface area (Å²) in [6.45, 7) is 0. The van der Waals surface area contributed by atoms with Gasteiger partial charge in [-0.1, -0.05) is 218 Å². The second-order valence-electron chi connectivity index (χ2n) is 17.8. The maximum atomic E-state index is 5.70. The zero-order valence-electron chi connectivity index (χ0n) is 42.0. The maximum Gasteiger partial charge on any atom is 0.118 e. The fourth-order valence-electron chi connectivity index (χ4n) is 9.79. The third kappa shape index (κ3) is 10.5. The molecule has 0 amide bonds. The van der Waals surface area contributed by atoms with Gasteiger partial charge in [0.05, 0.1) is 28.4 Å². The molecule has 0 unspecified atom stereocenters. The van der Waals surface area contributed by atoms with Crippen LogP contribution >= 0.6 is 0 Å². The van der Waals surface area contributed by atoms with Crippen molar-refractivity contribution in [1.29, 1.82) is 0 Å². The van der Waals surface area contributed by atoms with Crippen LogP contribution in [0, 0.1) is 0 Å². The smallest absolute Gasteiger partial charge is 0.118 e. The van der Waals surface area contributed by atoms with E-state index in [9.17, 15) is 0 Å². The Balaban J connectivity index is 1.22. The molecule has 10 aromatic rings. The number of rotatable bonds is 16. The Hall–Kier alpha value is -9.38. The molecule has 4 heteroatoms. The lowest BCUT2D eigenvalue weighted by Crippen LogP contribution is -2.01. The van der Waals surface area contributed by atoms with Crippen LogP contribution in [0.2, 0.25) is 0 Å². The summed E-state index contributed by atoms with van der Waals surface area (Å²) in [5.74, 6) is 3.18. The zero-order chi connectivity index (χ0) is 50.6. The molecule has 0 radical (unpaired) electrons. The fraction of sp³-hybridized carbons (Fsp3) is 0.0571. The van der Waals surface area contributed by atoms with E-state index in [1.54, 1.807) is 28.4 Å². The van der Waals surface area contributed by atoms with Crippen LogP contribution in [0.25, 0.3) is 33.4 Å². The van der Waals surface area contributed by atoms with Crippen molar-refractivity contribution in [3.8, 4) is 23.0 Å². The van der Waals surface area contributed by atoms with Gasteiger partial charge < -0.3 is 18.9 Å². The Bertz CT molecular complexity index is 3200. The molecule has 0 N–H and O–H groups in total. The highest BCUT2D eigenvalue weighted by molar-refractivity contribution is 6.08. The number of hydrogen-bond donors (Lipinski definition) is 0. The minimum atomic E-state index is 0.786. The lowest BCUT2D eigenvalue weighted by molar-refractivity contribution is 0.414. The molecule has 0 aromatic heterocycles. The first-order valence-electron chi connectivity index (χ1n) is 24.8. The van der Waals surface area contributed by atoms with Gasteiger partial charge in [0.2, 0.25) is 0 Å². The van der Waals surface area contributed by atoms with Crippen LogP contribution < -0.4 is 18.9 Å². The van der Waals surface area contributed by atoms with E-state index in [4.69, 9.17) is 18.9 Å². The minimum absolute atomic E-state index is 0.786. The van der Waals surface area contributed by atoms with Crippen molar-refractivity contribution in [2.24, 2.45) is 0 Å². The molecule has 0 heterocycles. The van der Waals surface area contributed by atoms with Gasteiger partial charge in [0.1, 0.15) is 23.0 Å². The predicted molar refractivity (Wildman–Crippen MR) is 306 cm³/mol. The Morgan fingerprint density at radius 1 is 0.162 bits per heavy atom. The molecule has 0 aliphatic rings. The van der Waals surface area contributed by atoms with E-state index in [0.717, 1.165) is 123 Å². The Kier molecular flexibility index (Phi) is 14.9. The zero-order valence-corrected chi connectivity index (χ0v) is 42.0. The lowest BCUT2D eigenvalue weighted by atomic mass is 9.82. The molecule has 10 rings (SSSR count). The second-order valence-corrected chi connectivity index (χ2v) is 17.8. The average Bonchev–Trinajstić information content (AvgIpc) is 3.49. The Morgan fingerprint density at radius 2 is 0.284 bits per heavy atom. The van der Waals surface area contributed by atoms with E-state index in [1.165, 1.54) is 0 Å². The third-order valence-corrected chi connectivity index (χ3v) is 13.4. The van der Waals surface area contributed by atoms with Gasteiger partial charge in [0.15, 0.2) is 0 Å². The summed E-state index contributed by atoms with van der Waals surface area (Å²) in [6, 6.07) is 94.3. The summed E-state index contributed by atoms with van der Waals surface area (Å²) in [5, 5.41) is 0. The Labute approximate surface area is 435 Å². The largest absolute Gasteiger partial charge is 0.497 e. The molecular weight excluding hydrogens is 905 g/mol. The van der Waals surface area contributed by atoms with Crippen molar-refractivity contribution in [3.05, 3.63) is 334 Å². The number of ether oxygens (including phenoxy) is 4. The summed E-state index contributed by atoms with van der Waals surface area (Å²) in [7, 11) is 6.82. The van der Waals surface area contributed by atoms with Crippen LogP contribution in [0.1, 0.15) is 66.8 Å². The highest BCUT2D eigenvalue weighted by Crippen LogP contribution is 2.43. The van der Waals surface area contributed by atoms with Crippen LogP contribution in [0.3, 0.4) is 0 Å². The molecule has 0 saturated carbocycles. The molecule has 74 heavy (non-hydrogen) atoms. The predicted octanol–water partition coefficient (Wildman–Crippen LogP) is 16.7. The SMILES string of the molecule is COc1ccc(C(=C(c2ccc(C(=C(c3ccccc3)c3ccccc3)c3ccc(OC)cc3)cc2)c2ccc(C(=C(c3ccccc3)c3ccccc3)c3ccc(OC)cc3)cc2)c2ccc(OC)cc2)cc1. The lowest BCUT2D eigenvalue weighted by Gasteiger charge is -2.21. The first-order valence-corrected chi connectivity index (χ1v) is 24.8. The van der Waals surface area contributed by atoms with Crippen LogP contribution in [0.4, 0.5) is 0 Å². The number of hydrogen-bond acceptors (Lipinski definition) is 4.